The molecule has 15 heavy (non-hydrogen) atoms. The van der Waals surface area contributed by atoms with E-state index in [0.717, 1.165) is 11.1 Å². The molecule has 0 saturated heterocycles. The Balaban J connectivity index is 0.000000531. The molecule has 0 unspecified atom stereocenters. The fraction of sp³-hybridized carbons (Fsp3) is 0.308. The highest BCUT2D eigenvalue weighted by Crippen LogP contribution is 2.15. The maximum absolute atomic E-state index is 11.4. The van der Waals surface area contributed by atoms with Crippen LogP contribution in [0.2, 0.25) is 0 Å². The van der Waals surface area contributed by atoms with Crippen LogP contribution in [0.15, 0.2) is 33.7 Å². The van der Waals surface area contributed by atoms with Gasteiger partial charge < -0.3 is 4.42 Å². The zero-order valence-corrected chi connectivity index (χ0v) is 9.63. The Morgan fingerprint density at radius 1 is 1.07 bits per heavy atom. The Hall–Kier alpha value is -1.57. The Kier molecular flexibility index (Phi) is 3.67. The van der Waals surface area contributed by atoms with Crippen molar-refractivity contribution in [1.82, 2.24) is 0 Å². The summed E-state index contributed by atoms with van der Waals surface area (Å²) in [5.74, 6) is 0. The number of hydrogen-bond acceptors (Lipinski definition) is 2. The van der Waals surface area contributed by atoms with Crippen LogP contribution in [0.1, 0.15) is 25.0 Å². The fourth-order valence-corrected chi connectivity index (χ4v) is 1.34. The average Bonchev–Trinajstić information content (AvgIpc) is 2.24. The molecule has 1 aromatic carbocycles. The zero-order chi connectivity index (χ0) is 11.4. The van der Waals surface area contributed by atoms with Gasteiger partial charge in [0.2, 0.25) is 0 Å². The summed E-state index contributed by atoms with van der Waals surface area (Å²) in [6, 6.07) is 5.21. The van der Waals surface area contributed by atoms with Crippen molar-refractivity contribution in [1.29, 1.82) is 0 Å². The van der Waals surface area contributed by atoms with Crippen LogP contribution in [0, 0.1) is 13.8 Å². The van der Waals surface area contributed by atoms with E-state index in [2.05, 4.69) is 0 Å². The number of benzene rings is 1. The molecule has 0 radical (unpaired) electrons. The van der Waals surface area contributed by atoms with Crippen molar-refractivity contribution in [3.63, 3.8) is 0 Å². The van der Waals surface area contributed by atoms with Crippen molar-refractivity contribution < 1.29 is 4.42 Å². The number of aryl methyl sites for hydroxylation is 2. The van der Waals surface area contributed by atoms with E-state index in [1.165, 1.54) is 12.3 Å². The van der Waals surface area contributed by atoms with Gasteiger partial charge in [0.1, 0.15) is 5.58 Å². The van der Waals surface area contributed by atoms with Crippen LogP contribution in [0.25, 0.3) is 11.0 Å². The lowest BCUT2D eigenvalue weighted by Gasteiger charge is -2.00. The Bertz CT molecular complexity index is 509. The molecule has 0 spiro atoms. The van der Waals surface area contributed by atoms with E-state index in [4.69, 9.17) is 4.42 Å². The molecule has 2 heteroatoms. The predicted octanol–water partition coefficient (Wildman–Crippen LogP) is 3.44. The number of hydrogen-bond donors (Lipinski definition) is 0. The van der Waals surface area contributed by atoms with Crippen LogP contribution in [0.5, 0.6) is 0 Å². The third-order valence-electron chi connectivity index (χ3n) is 2.28. The number of rotatable bonds is 0. The summed E-state index contributed by atoms with van der Waals surface area (Å²) in [6.45, 7) is 7.99. The van der Waals surface area contributed by atoms with Crippen molar-refractivity contribution in [2.24, 2.45) is 0 Å². The minimum atomic E-state index is 0.0179. The van der Waals surface area contributed by atoms with Crippen molar-refractivity contribution >= 4 is 11.0 Å². The second kappa shape index (κ2) is 4.78. The lowest BCUT2D eigenvalue weighted by atomic mass is 10.1. The fourth-order valence-electron chi connectivity index (χ4n) is 1.34. The molecule has 0 aliphatic heterocycles. The van der Waals surface area contributed by atoms with Crippen molar-refractivity contribution in [3.05, 3.63) is 45.8 Å². The molecule has 2 rings (SSSR count). The molecule has 2 aromatic rings. The summed E-state index contributed by atoms with van der Waals surface area (Å²) >= 11 is 0. The molecular weight excluding hydrogens is 188 g/mol. The predicted molar refractivity (Wildman–Crippen MR) is 63.3 cm³/mol. The Morgan fingerprint density at radius 3 is 2.33 bits per heavy atom. The van der Waals surface area contributed by atoms with Crippen LogP contribution in [-0.2, 0) is 0 Å². The van der Waals surface area contributed by atoms with Crippen LogP contribution >= 0.6 is 0 Å². The molecule has 0 aliphatic carbocycles. The highest BCUT2D eigenvalue weighted by molar-refractivity contribution is 5.77. The molecule has 0 amide bonds. The monoisotopic (exact) mass is 204 g/mol. The first-order chi connectivity index (χ1) is 7.18. The van der Waals surface area contributed by atoms with Crippen LogP contribution in [0.3, 0.4) is 0 Å². The zero-order valence-electron chi connectivity index (χ0n) is 9.63. The van der Waals surface area contributed by atoms with Crippen LogP contribution in [-0.4, -0.2) is 0 Å². The van der Waals surface area contributed by atoms with Gasteiger partial charge in [0.15, 0.2) is 5.43 Å². The van der Waals surface area contributed by atoms with E-state index in [1.807, 2.05) is 39.8 Å². The van der Waals surface area contributed by atoms with E-state index >= 15 is 0 Å². The average molecular weight is 204 g/mol. The van der Waals surface area contributed by atoms with Gasteiger partial charge in [-0.15, -0.1) is 0 Å². The van der Waals surface area contributed by atoms with Crippen molar-refractivity contribution in [2.75, 3.05) is 0 Å². The third kappa shape index (κ3) is 2.27. The lowest BCUT2D eigenvalue weighted by molar-refractivity contribution is 0.602. The summed E-state index contributed by atoms with van der Waals surface area (Å²) < 4.78 is 5.23. The minimum Gasteiger partial charge on any atom is -0.464 e. The molecule has 0 saturated carbocycles. The molecule has 0 aliphatic rings. The summed E-state index contributed by atoms with van der Waals surface area (Å²) in [5.41, 5.74) is 2.94. The second-order valence-corrected chi connectivity index (χ2v) is 3.22. The van der Waals surface area contributed by atoms with E-state index in [0.29, 0.717) is 11.0 Å². The molecule has 0 bridgehead atoms. The van der Waals surface area contributed by atoms with Gasteiger partial charge in [-0.2, -0.15) is 0 Å². The van der Waals surface area contributed by atoms with Gasteiger partial charge in [-0.05, 0) is 37.1 Å². The molecule has 2 nitrogen and oxygen atoms in total. The smallest absolute Gasteiger partial charge is 0.192 e. The summed E-state index contributed by atoms with van der Waals surface area (Å²) in [7, 11) is 0. The Morgan fingerprint density at radius 2 is 1.67 bits per heavy atom. The first-order valence-electron chi connectivity index (χ1n) is 5.17. The highest BCUT2D eigenvalue weighted by atomic mass is 16.3. The first kappa shape index (κ1) is 11.5. The van der Waals surface area contributed by atoms with Crippen molar-refractivity contribution in [2.45, 2.75) is 27.7 Å². The molecule has 0 fully saturated rings. The maximum atomic E-state index is 11.4. The lowest BCUT2D eigenvalue weighted by Crippen LogP contribution is -1.98. The van der Waals surface area contributed by atoms with Crippen molar-refractivity contribution in [3.8, 4) is 0 Å². The molecular formula is C13H16O2. The minimum absolute atomic E-state index is 0.0179. The van der Waals surface area contributed by atoms with E-state index in [9.17, 15) is 4.79 Å². The largest absolute Gasteiger partial charge is 0.464 e. The number of fused-ring (bicyclic) bond motifs is 1. The Labute approximate surface area is 89.5 Å². The molecule has 80 valence electrons. The van der Waals surface area contributed by atoms with Gasteiger partial charge in [-0.3, -0.25) is 4.79 Å². The second-order valence-electron chi connectivity index (χ2n) is 3.22. The summed E-state index contributed by atoms with van der Waals surface area (Å²) in [5, 5.41) is 0.658. The van der Waals surface area contributed by atoms with E-state index in [1.54, 1.807) is 0 Å². The molecule has 0 atom stereocenters. The molecule has 1 aromatic heterocycles. The SMILES string of the molecule is CC.Cc1cc2occc(=O)c2cc1C. The van der Waals surface area contributed by atoms with Gasteiger partial charge in [0.05, 0.1) is 11.6 Å². The van der Waals surface area contributed by atoms with E-state index in [-0.39, 0.29) is 5.43 Å². The highest BCUT2D eigenvalue weighted by Gasteiger charge is 2.01. The summed E-state index contributed by atoms with van der Waals surface area (Å²) in [4.78, 5) is 11.4. The third-order valence-corrected chi connectivity index (χ3v) is 2.28. The van der Waals surface area contributed by atoms with Gasteiger partial charge in [-0.25, -0.2) is 0 Å². The van der Waals surface area contributed by atoms with Crippen LogP contribution in [0.4, 0.5) is 0 Å². The van der Waals surface area contributed by atoms with Gasteiger partial charge in [0, 0.05) is 6.07 Å². The van der Waals surface area contributed by atoms with Gasteiger partial charge in [0.25, 0.3) is 0 Å². The van der Waals surface area contributed by atoms with Gasteiger partial charge >= 0.3 is 0 Å². The van der Waals surface area contributed by atoms with Gasteiger partial charge in [-0.1, -0.05) is 13.8 Å². The standard InChI is InChI=1S/C11H10O2.C2H6/c1-7-5-9-10(12)3-4-13-11(9)6-8(7)2;1-2/h3-6H,1-2H3;1-2H3. The topological polar surface area (TPSA) is 30.2 Å². The van der Waals surface area contributed by atoms with E-state index < -0.39 is 0 Å². The molecule has 0 N–H and O–H groups in total. The molecule has 1 heterocycles. The maximum Gasteiger partial charge on any atom is 0.192 e. The first-order valence-corrected chi connectivity index (χ1v) is 5.17. The summed E-state index contributed by atoms with van der Waals surface area (Å²) in [6.07, 6.45) is 1.43. The quantitative estimate of drug-likeness (QED) is 0.658. The van der Waals surface area contributed by atoms with Crippen LogP contribution < -0.4 is 5.43 Å². The normalized spacial score (nSPS) is 9.60.